The Hall–Kier alpha value is -2.24. The first-order valence-corrected chi connectivity index (χ1v) is 11.2. The van der Waals surface area contributed by atoms with Crippen LogP contribution in [0.2, 0.25) is 0 Å². The molecule has 0 unspecified atom stereocenters. The Morgan fingerprint density at radius 3 is 2.47 bits per heavy atom. The summed E-state index contributed by atoms with van der Waals surface area (Å²) in [4.78, 5) is 0. The second-order valence-corrected chi connectivity index (χ2v) is 9.04. The van der Waals surface area contributed by atoms with Crippen LogP contribution in [0.1, 0.15) is 68.1 Å². The second-order valence-electron chi connectivity index (χ2n) is 9.04. The van der Waals surface area contributed by atoms with Gasteiger partial charge in [0.2, 0.25) is 0 Å². The second kappa shape index (κ2) is 8.95. The smallest absolute Gasteiger partial charge is 0.206 e. The molecule has 0 spiro atoms. The van der Waals surface area contributed by atoms with Gasteiger partial charge < -0.3 is 0 Å². The molecule has 0 bridgehead atoms. The Labute approximate surface area is 184 Å². The summed E-state index contributed by atoms with van der Waals surface area (Å²) in [6, 6.07) is 3.37. The van der Waals surface area contributed by atoms with Gasteiger partial charge in [-0.15, -0.1) is 0 Å². The zero-order chi connectivity index (χ0) is 23.0. The van der Waals surface area contributed by atoms with Crippen LogP contribution in [0.3, 0.4) is 0 Å². The third kappa shape index (κ3) is 4.33. The van der Waals surface area contributed by atoms with Crippen LogP contribution in [0.5, 0.6) is 0 Å². The maximum Gasteiger partial charge on any atom is 0.419 e. The van der Waals surface area contributed by atoms with Gasteiger partial charge in [0.05, 0.1) is 11.1 Å². The predicted octanol–water partition coefficient (Wildman–Crippen LogP) is 8.59. The summed E-state index contributed by atoms with van der Waals surface area (Å²) in [5.41, 5.74) is -1.01. The summed E-state index contributed by atoms with van der Waals surface area (Å²) in [6.45, 7) is 2.01. The lowest BCUT2D eigenvalue weighted by Crippen LogP contribution is -2.29. The standard InChI is InChI=1S/C26H26F6/c1-2-3-4-5-15-6-9-18-16(12-15)7-10-19-20(18)14-23(28)24(25(19)29)17-8-11-21(22(27)13-17)26(30,31)32/h2-3,8,11,13-16,18H,4-7,9-10,12H2,1H3/b3-2+/t15-,16-,18+/m1/s1. The minimum absolute atomic E-state index is 0.0964. The van der Waals surface area contributed by atoms with Crippen molar-refractivity contribution in [1.82, 2.24) is 0 Å². The molecule has 172 valence electrons. The van der Waals surface area contributed by atoms with Gasteiger partial charge in [-0.25, -0.2) is 13.2 Å². The third-order valence-corrected chi connectivity index (χ3v) is 7.15. The average molecular weight is 452 g/mol. The molecule has 0 saturated heterocycles. The van der Waals surface area contributed by atoms with Crippen LogP contribution in [0, 0.1) is 29.3 Å². The van der Waals surface area contributed by atoms with E-state index >= 15 is 8.78 Å². The Morgan fingerprint density at radius 1 is 1.00 bits per heavy atom. The summed E-state index contributed by atoms with van der Waals surface area (Å²) in [6.07, 6.45) is 5.74. The van der Waals surface area contributed by atoms with Crippen LogP contribution >= 0.6 is 0 Å². The van der Waals surface area contributed by atoms with E-state index in [9.17, 15) is 17.6 Å². The minimum Gasteiger partial charge on any atom is -0.206 e. The molecule has 0 aromatic heterocycles. The average Bonchev–Trinajstić information content (AvgIpc) is 2.73. The normalized spacial score (nSPS) is 23.3. The van der Waals surface area contributed by atoms with E-state index in [1.165, 1.54) is 6.07 Å². The predicted molar refractivity (Wildman–Crippen MR) is 113 cm³/mol. The Bertz CT molecular complexity index is 1020. The van der Waals surface area contributed by atoms with Crippen LogP contribution in [-0.4, -0.2) is 0 Å². The lowest BCUT2D eigenvalue weighted by molar-refractivity contribution is -0.139. The van der Waals surface area contributed by atoms with Crippen molar-refractivity contribution in [2.45, 2.75) is 64.0 Å². The SMILES string of the molecule is C/C=C/CC[C@@H]1CC[C@@H]2c3cc(F)c(-c4ccc(C(F)(F)F)c(F)c4)c(F)c3CC[C@@H]2C1. The molecule has 2 aromatic rings. The van der Waals surface area contributed by atoms with E-state index in [4.69, 9.17) is 0 Å². The van der Waals surface area contributed by atoms with Crippen molar-refractivity contribution in [3.8, 4) is 11.1 Å². The molecular formula is C26H26F6. The molecule has 2 aliphatic carbocycles. The van der Waals surface area contributed by atoms with Crippen molar-refractivity contribution in [1.29, 1.82) is 0 Å². The molecule has 0 radical (unpaired) electrons. The summed E-state index contributed by atoms with van der Waals surface area (Å²) >= 11 is 0. The molecule has 32 heavy (non-hydrogen) atoms. The largest absolute Gasteiger partial charge is 0.419 e. The first-order valence-electron chi connectivity index (χ1n) is 11.2. The fraction of sp³-hybridized carbons (Fsp3) is 0.462. The van der Waals surface area contributed by atoms with Crippen LogP contribution in [0.25, 0.3) is 11.1 Å². The minimum atomic E-state index is -4.86. The van der Waals surface area contributed by atoms with Gasteiger partial charge in [0.15, 0.2) is 0 Å². The van der Waals surface area contributed by atoms with E-state index in [0.29, 0.717) is 41.5 Å². The van der Waals surface area contributed by atoms with E-state index < -0.39 is 34.8 Å². The van der Waals surface area contributed by atoms with Gasteiger partial charge in [0, 0.05) is 0 Å². The number of benzene rings is 2. The molecule has 0 amide bonds. The summed E-state index contributed by atoms with van der Waals surface area (Å²) in [5, 5.41) is 0. The van der Waals surface area contributed by atoms with E-state index in [2.05, 4.69) is 6.08 Å². The van der Waals surface area contributed by atoms with Crippen LogP contribution in [0.4, 0.5) is 26.3 Å². The molecule has 3 atom stereocenters. The fourth-order valence-electron chi connectivity index (χ4n) is 5.61. The van der Waals surface area contributed by atoms with E-state index in [1.807, 2.05) is 13.0 Å². The van der Waals surface area contributed by atoms with Crippen molar-refractivity contribution in [3.05, 3.63) is 70.6 Å². The molecular weight excluding hydrogens is 426 g/mol. The van der Waals surface area contributed by atoms with E-state index in [0.717, 1.165) is 44.6 Å². The molecule has 0 nitrogen and oxygen atoms in total. The summed E-state index contributed by atoms with van der Waals surface area (Å²) in [7, 11) is 0. The summed E-state index contributed by atoms with van der Waals surface area (Å²) in [5.74, 6) is -2.05. The highest BCUT2D eigenvalue weighted by Crippen LogP contribution is 2.49. The van der Waals surface area contributed by atoms with Crippen molar-refractivity contribution < 1.29 is 26.3 Å². The van der Waals surface area contributed by atoms with Gasteiger partial charge in [-0.1, -0.05) is 18.2 Å². The number of alkyl halides is 3. The van der Waals surface area contributed by atoms with Crippen molar-refractivity contribution >= 4 is 0 Å². The zero-order valence-electron chi connectivity index (χ0n) is 17.9. The lowest BCUT2D eigenvalue weighted by atomic mass is 9.64. The van der Waals surface area contributed by atoms with Gasteiger partial charge in [0.1, 0.15) is 17.5 Å². The number of hydrogen-bond acceptors (Lipinski definition) is 0. The number of hydrogen-bond donors (Lipinski definition) is 0. The molecule has 2 aliphatic rings. The lowest BCUT2D eigenvalue weighted by Gasteiger charge is -2.41. The molecule has 4 rings (SSSR count). The number of fused-ring (bicyclic) bond motifs is 3. The number of rotatable bonds is 4. The maximum atomic E-state index is 15.4. The molecule has 0 aliphatic heterocycles. The van der Waals surface area contributed by atoms with Crippen molar-refractivity contribution in [3.63, 3.8) is 0 Å². The quantitative estimate of drug-likeness (QED) is 0.322. The van der Waals surface area contributed by atoms with Crippen LogP contribution < -0.4 is 0 Å². The number of allylic oxidation sites excluding steroid dienone is 2. The van der Waals surface area contributed by atoms with Crippen molar-refractivity contribution in [2.24, 2.45) is 11.8 Å². The van der Waals surface area contributed by atoms with Crippen molar-refractivity contribution in [2.75, 3.05) is 0 Å². The Kier molecular flexibility index (Phi) is 6.42. The molecule has 0 N–H and O–H groups in total. The third-order valence-electron chi connectivity index (χ3n) is 7.15. The Morgan fingerprint density at radius 2 is 1.78 bits per heavy atom. The molecule has 2 aromatic carbocycles. The van der Waals surface area contributed by atoms with E-state index in [-0.39, 0.29) is 11.5 Å². The molecule has 6 heteroatoms. The van der Waals surface area contributed by atoms with Gasteiger partial charge in [-0.05, 0) is 105 Å². The molecule has 1 saturated carbocycles. The topological polar surface area (TPSA) is 0 Å². The highest BCUT2D eigenvalue weighted by atomic mass is 19.4. The maximum absolute atomic E-state index is 15.4. The first-order chi connectivity index (χ1) is 15.2. The van der Waals surface area contributed by atoms with Crippen LogP contribution in [-0.2, 0) is 12.6 Å². The van der Waals surface area contributed by atoms with Gasteiger partial charge in [-0.3, -0.25) is 0 Å². The van der Waals surface area contributed by atoms with Gasteiger partial charge in [-0.2, -0.15) is 13.2 Å². The number of halogens is 6. The fourth-order valence-corrected chi connectivity index (χ4v) is 5.61. The highest BCUT2D eigenvalue weighted by Gasteiger charge is 2.38. The van der Waals surface area contributed by atoms with Crippen LogP contribution in [0.15, 0.2) is 36.4 Å². The Balaban J connectivity index is 1.63. The first kappa shape index (κ1) is 22.9. The summed E-state index contributed by atoms with van der Waals surface area (Å²) < 4.78 is 83.0. The van der Waals surface area contributed by atoms with E-state index in [1.54, 1.807) is 0 Å². The zero-order valence-corrected chi connectivity index (χ0v) is 17.9. The molecule has 0 heterocycles. The van der Waals surface area contributed by atoms with Gasteiger partial charge in [0.25, 0.3) is 0 Å². The molecule has 1 fully saturated rings. The van der Waals surface area contributed by atoms with Gasteiger partial charge >= 0.3 is 6.18 Å². The highest BCUT2D eigenvalue weighted by molar-refractivity contribution is 5.68. The monoisotopic (exact) mass is 452 g/mol.